The van der Waals surface area contributed by atoms with Crippen molar-refractivity contribution in [3.63, 3.8) is 0 Å². The molecule has 1 saturated heterocycles. The highest BCUT2D eigenvalue weighted by atomic mass is 35.5. The van der Waals surface area contributed by atoms with Gasteiger partial charge in [-0.05, 0) is 12.1 Å². The number of para-hydroxylation sites is 1. The Labute approximate surface area is 120 Å². The first-order valence-corrected chi connectivity index (χ1v) is 6.63. The number of carbonyl (C=O) groups is 1. The van der Waals surface area contributed by atoms with Crippen LogP contribution in [0.3, 0.4) is 0 Å². The molecular weight excluding hydrogens is 286 g/mol. The second-order valence-corrected chi connectivity index (χ2v) is 5.07. The standard InChI is InChI=1S/C12H13N3O2S.ClH/c16-11(9-7-13-5-6-17-9)15-12-14-8-3-1-2-4-10(8)18-12;/h1-4,9,13H,5-7H2,(H,14,15,16);1H. The number of thiazole rings is 1. The summed E-state index contributed by atoms with van der Waals surface area (Å²) in [5.74, 6) is -0.138. The summed E-state index contributed by atoms with van der Waals surface area (Å²) in [5, 5.41) is 6.55. The van der Waals surface area contributed by atoms with Crippen LogP contribution in [0.1, 0.15) is 0 Å². The van der Waals surface area contributed by atoms with Crippen molar-refractivity contribution in [2.24, 2.45) is 0 Å². The summed E-state index contributed by atoms with van der Waals surface area (Å²) in [6, 6.07) is 7.81. The number of morpholine rings is 1. The molecule has 3 rings (SSSR count). The van der Waals surface area contributed by atoms with Gasteiger partial charge in [0.25, 0.3) is 5.91 Å². The van der Waals surface area contributed by atoms with Gasteiger partial charge in [0.2, 0.25) is 0 Å². The number of hydrogen-bond donors (Lipinski definition) is 2. The zero-order valence-electron chi connectivity index (χ0n) is 10.1. The number of hydrogen-bond acceptors (Lipinski definition) is 5. The highest BCUT2D eigenvalue weighted by molar-refractivity contribution is 7.22. The average molecular weight is 300 g/mol. The molecule has 2 aromatic rings. The zero-order valence-corrected chi connectivity index (χ0v) is 11.7. The number of nitrogens with one attached hydrogen (secondary N) is 2. The predicted octanol–water partition coefficient (Wildman–Crippen LogP) is 1.64. The predicted molar refractivity (Wildman–Crippen MR) is 78.1 cm³/mol. The Hall–Kier alpha value is -1.21. The van der Waals surface area contributed by atoms with Crippen LogP contribution in [0.5, 0.6) is 0 Å². The summed E-state index contributed by atoms with van der Waals surface area (Å²) in [4.78, 5) is 16.3. The molecule has 0 bridgehead atoms. The average Bonchev–Trinajstić information content (AvgIpc) is 2.82. The Balaban J connectivity index is 0.00000133. The van der Waals surface area contributed by atoms with Gasteiger partial charge in [0.1, 0.15) is 6.10 Å². The lowest BCUT2D eigenvalue weighted by molar-refractivity contribution is -0.128. The van der Waals surface area contributed by atoms with Crippen molar-refractivity contribution < 1.29 is 9.53 Å². The van der Waals surface area contributed by atoms with Crippen molar-refractivity contribution in [2.45, 2.75) is 6.10 Å². The van der Waals surface area contributed by atoms with Crippen molar-refractivity contribution in [1.29, 1.82) is 0 Å². The Morgan fingerprint density at radius 2 is 2.32 bits per heavy atom. The van der Waals surface area contributed by atoms with E-state index in [-0.39, 0.29) is 18.3 Å². The van der Waals surface area contributed by atoms with Crippen LogP contribution >= 0.6 is 23.7 Å². The lowest BCUT2D eigenvalue weighted by Gasteiger charge is -2.22. The largest absolute Gasteiger partial charge is 0.366 e. The molecule has 0 aliphatic carbocycles. The molecule has 2 N–H and O–H groups in total. The van der Waals surface area contributed by atoms with E-state index in [1.165, 1.54) is 11.3 Å². The van der Waals surface area contributed by atoms with E-state index in [0.717, 1.165) is 16.8 Å². The summed E-state index contributed by atoms with van der Waals surface area (Å²) in [5.41, 5.74) is 0.903. The summed E-state index contributed by atoms with van der Waals surface area (Å²) >= 11 is 1.47. The van der Waals surface area contributed by atoms with Gasteiger partial charge in [-0.3, -0.25) is 10.1 Å². The van der Waals surface area contributed by atoms with Gasteiger partial charge >= 0.3 is 0 Å². The minimum Gasteiger partial charge on any atom is -0.366 e. The Bertz CT molecular complexity index is 536. The summed E-state index contributed by atoms with van der Waals surface area (Å²) < 4.78 is 6.45. The van der Waals surface area contributed by atoms with E-state index in [2.05, 4.69) is 15.6 Å². The molecule has 5 nitrogen and oxygen atoms in total. The van der Waals surface area contributed by atoms with E-state index in [4.69, 9.17) is 4.74 Å². The summed E-state index contributed by atoms with van der Waals surface area (Å²) in [6.07, 6.45) is -0.425. The SMILES string of the molecule is Cl.O=C(Nc1nc2ccccc2s1)C1CNCCO1. The van der Waals surface area contributed by atoms with Gasteiger partial charge < -0.3 is 10.1 Å². The maximum Gasteiger partial charge on any atom is 0.256 e. The third kappa shape index (κ3) is 3.22. The number of carbonyl (C=O) groups excluding carboxylic acids is 1. The molecule has 1 atom stereocenters. The van der Waals surface area contributed by atoms with Crippen LogP contribution in [0.25, 0.3) is 10.2 Å². The zero-order chi connectivity index (χ0) is 12.4. The minimum atomic E-state index is -0.425. The number of nitrogens with zero attached hydrogens (tertiary/aromatic N) is 1. The van der Waals surface area contributed by atoms with Crippen molar-refractivity contribution in [1.82, 2.24) is 10.3 Å². The van der Waals surface area contributed by atoms with Gasteiger partial charge in [0.05, 0.1) is 16.8 Å². The van der Waals surface area contributed by atoms with Crippen LogP contribution in [0.15, 0.2) is 24.3 Å². The first-order chi connectivity index (χ1) is 8.83. The molecule has 1 fully saturated rings. The van der Waals surface area contributed by atoms with Crippen molar-refractivity contribution in [3.05, 3.63) is 24.3 Å². The van der Waals surface area contributed by atoms with Gasteiger partial charge in [-0.1, -0.05) is 23.5 Å². The summed E-state index contributed by atoms with van der Waals surface area (Å²) in [7, 11) is 0. The highest BCUT2D eigenvalue weighted by Gasteiger charge is 2.22. The number of aromatic nitrogens is 1. The van der Waals surface area contributed by atoms with Gasteiger partial charge in [0, 0.05) is 13.1 Å². The van der Waals surface area contributed by atoms with Crippen LogP contribution in [-0.2, 0) is 9.53 Å². The number of ether oxygens (including phenoxy) is 1. The molecule has 1 amide bonds. The monoisotopic (exact) mass is 299 g/mol. The van der Waals surface area contributed by atoms with Crippen molar-refractivity contribution in [3.8, 4) is 0 Å². The second-order valence-electron chi connectivity index (χ2n) is 4.04. The Kier molecular flexibility index (Phi) is 4.71. The van der Waals surface area contributed by atoms with Crippen LogP contribution in [0.4, 0.5) is 5.13 Å². The molecule has 102 valence electrons. The van der Waals surface area contributed by atoms with E-state index in [9.17, 15) is 4.79 Å². The van der Waals surface area contributed by atoms with Gasteiger partial charge in [0.15, 0.2) is 5.13 Å². The number of amides is 1. The number of anilines is 1. The molecule has 0 radical (unpaired) electrons. The van der Waals surface area contributed by atoms with Crippen LogP contribution in [-0.4, -0.2) is 36.7 Å². The number of benzene rings is 1. The molecule has 1 aromatic heterocycles. The maximum absolute atomic E-state index is 11.9. The fraction of sp³-hybridized carbons (Fsp3) is 0.333. The van der Waals surface area contributed by atoms with Gasteiger partial charge in [-0.15, -0.1) is 12.4 Å². The van der Waals surface area contributed by atoms with Gasteiger partial charge in [-0.25, -0.2) is 4.98 Å². The van der Waals surface area contributed by atoms with E-state index in [1.54, 1.807) is 0 Å². The molecule has 1 aromatic carbocycles. The normalized spacial score (nSPS) is 18.8. The maximum atomic E-state index is 11.9. The molecule has 2 heterocycles. The Morgan fingerprint density at radius 3 is 3.05 bits per heavy atom. The molecule has 19 heavy (non-hydrogen) atoms. The number of fused-ring (bicyclic) bond motifs is 1. The number of halogens is 1. The minimum absolute atomic E-state index is 0. The van der Waals surface area contributed by atoms with Crippen LogP contribution in [0, 0.1) is 0 Å². The topological polar surface area (TPSA) is 63.2 Å². The van der Waals surface area contributed by atoms with E-state index >= 15 is 0 Å². The molecular formula is C12H14ClN3O2S. The van der Waals surface area contributed by atoms with E-state index < -0.39 is 6.10 Å². The van der Waals surface area contributed by atoms with Crippen molar-refractivity contribution in [2.75, 3.05) is 25.0 Å². The smallest absolute Gasteiger partial charge is 0.256 e. The third-order valence-electron chi connectivity index (χ3n) is 2.74. The van der Waals surface area contributed by atoms with E-state index in [0.29, 0.717) is 18.3 Å². The lowest BCUT2D eigenvalue weighted by atomic mass is 10.3. The Morgan fingerprint density at radius 1 is 1.47 bits per heavy atom. The van der Waals surface area contributed by atoms with Crippen LogP contribution in [0.2, 0.25) is 0 Å². The lowest BCUT2D eigenvalue weighted by Crippen LogP contribution is -2.45. The first kappa shape index (κ1) is 14.2. The van der Waals surface area contributed by atoms with E-state index in [1.807, 2.05) is 24.3 Å². The fourth-order valence-electron chi connectivity index (χ4n) is 1.85. The molecule has 0 spiro atoms. The highest BCUT2D eigenvalue weighted by Crippen LogP contribution is 2.25. The van der Waals surface area contributed by atoms with Gasteiger partial charge in [-0.2, -0.15) is 0 Å². The molecule has 7 heteroatoms. The first-order valence-electron chi connectivity index (χ1n) is 5.82. The fourth-order valence-corrected chi connectivity index (χ4v) is 2.71. The molecule has 1 unspecified atom stereocenters. The van der Waals surface area contributed by atoms with Crippen LogP contribution < -0.4 is 10.6 Å². The number of rotatable bonds is 2. The molecule has 0 saturated carbocycles. The second kappa shape index (κ2) is 6.29. The molecule has 1 aliphatic rings. The summed E-state index contributed by atoms with van der Waals surface area (Å²) in [6.45, 7) is 1.92. The quantitative estimate of drug-likeness (QED) is 0.885. The third-order valence-corrected chi connectivity index (χ3v) is 3.70. The molecule has 1 aliphatic heterocycles. The van der Waals surface area contributed by atoms with Crippen molar-refractivity contribution >= 4 is 45.0 Å².